The number of aryl methyl sites for hydroxylation is 1. The summed E-state index contributed by atoms with van der Waals surface area (Å²) in [5.74, 6) is 2.07. The van der Waals surface area contributed by atoms with Crippen LogP contribution in [0.1, 0.15) is 57.1 Å². The molecule has 1 aliphatic rings. The van der Waals surface area contributed by atoms with Crippen LogP contribution in [0.15, 0.2) is 15.6 Å². The zero-order chi connectivity index (χ0) is 13.5. The molecular formula is C14H24N4O. The third kappa shape index (κ3) is 4.58. The summed E-state index contributed by atoms with van der Waals surface area (Å²) in [5.41, 5.74) is 5.89. The number of guanidine groups is 1. The van der Waals surface area contributed by atoms with E-state index in [0.29, 0.717) is 18.5 Å². The molecule has 1 aromatic rings. The molecule has 5 nitrogen and oxygen atoms in total. The zero-order valence-electron chi connectivity index (χ0n) is 11.7. The van der Waals surface area contributed by atoms with Gasteiger partial charge < -0.3 is 15.5 Å². The molecule has 1 heterocycles. The molecule has 2 rings (SSSR count). The zero-order valence-corrected chi connectivity index (χ0v) is 11.7. The van der Waals surface area contributed by atoms with Gasteiger partial charge in [0.05, 0.1) is 6.20 Å². The van der Waals surface area contributed by atoms with E-state index in [1.807, 2.05) is 0 Å². The van der Waals surface area contributed by atoms with Gasteiger partial charge in [0.1, 0.15) is 12.3 Å². The predicted octanol–water partition coefficient (Wildman–Crippen LogP) is 2.36. The van der Waals surface area contributed by atoms with E-state index in [1.165, 1.54) is 32.1 Å². The minimum absolute atomic E-state index is 0.461. The molecule has 0 unspecified atom stereocenters. The highest BCUT2D eigenvalue weighted by Crippen LogP contribution is 2.17. The summed E-state index contributed by atoms with van der Waals surface area (Å²) in [7, 11) is 0. The number of nitrogens with zero attached hydrogens (tertiary/aromatic N) is 2. The monoisotopic (exact) mass is 264 g/mol. The fourth-order valence-corrected chi connectivity index (χ4v) is 2.42. The quantitative estimate of drug-likeness (QED) is 0.632. The van der Waals surface area contributed by atoms with E-state index in [-0.39, 0.29) is 0 Å². The minimum Gasteiger partial charge on any atom is -0.444 e. The molecule has 5 heteroatoms. The number of hydrogen-bond donors (Lipinski definition) is 2. The first-order valence-electron chi connectivity index (χ1n) is 7.28. The van der Waals surface area contributed by atoms with E-state index in [1.54, 1.807) is 6.20 Å². The maximum absolute atomic E-state index is 5.89. The summed E-state index contributed by atoms with van der Waals surface area (Å²) in [4.78, 5) is 8.51. The number of nitrogens with one attached hydrogen (secondary N) is 1. The van der Waals surface area contributed by atoms with Crippen molar-refractivity contribution in [1.82, 2.24) is 10.3 Å². The molecule has 1 saturated carbocycles. The normalized spacial score (nSPS) is 17.6. The van der Waals surface area contributed by atoms with Crippen LogP contribution in [0.25, 0.3) is 0 Å². The van der Waals surface area contributed by atoms with Gasteiger partial charge in [-0.3, -0.25) is 0 Å². The number of hydrogen-bond acceptors (Lipinski definition) is 3. The minimum atomic E-state index is 0.461. The number of aromatic nitrogens is 1. The highest BCUT2D eigenvalue weighted by atomic mass is 16.4. The average Bonchev–Trinajstić information content (AvgIpc) is 2.86. The molecule has 106 valence electrons. The number of oxazole rings is 1. The third-order valence-electron chi connectivity index (χ3n) is 3.43. The summed E-state index contributed by atoms with van der Waals surface area (Å²) >= 11 is 0. The Hall–Kier alpha value is -1.52. The van der Waals surface area contributed by atoms with Crippen molar-refractivity contribution in [3.05, 3.63) is 17.8 Å². The molecule has 1 fully saturated rings. The molecule has 0 aromatic carbocycles. The molecule has 0 bridgehead atoms. The van der Waals surface area contributed by atoms with Gasteiger partial charge in [0.15, 0.2) is 11.9 Å². The lowest BCUT2D eigenvalue weighted by molar-refractivity contribution is 0.411. The van der Waals surface area contributed by atoms with Gasteiger partial charge in [-0.05, 0) is 19.3 Å². The van der Waals surface area contributed by atoms with E-state index < -0.39 is 0 Å². The molecule has 3 N–H and O–H groups in total. The Balaban J connectivity index is 1.79. The van der Waals surface area contributed by atoms with Crippen LogP contribution in [0.3, 0.4) is 0 Å². The van der Waals surface area contributed by atoms with Gasteiger partial charge >= 0.3 is 0 Å². The first-order valence-corrected chi connectivity index (χ1v) is 7.28. The Labute approximate surface area is 114 Å². The lowest BCUT2D eigenvalue weighted by atomic mass is 9.96. The number of nitrogens with two attached hydrogens (primary N) is 1. The Kier molecular flexibility index (Phi) is 5.24. The first kappa shape index (κ1) is 13.9. The van der Waals surface area contributed by atoms with Crippen LogP contribution in [0.5, 0.6) is 0 Å². The van der Waals surface area contributed by atoms with Gasteiger partial charge in [-0.15, -0.1) is 0 Å². The topological polar surface area (TPSA) is 76.4 Å². The van der Waals surface area contributed by atoms with Crippen molar-refractivity contribution in [3.63, 3.8) is 0 Å². The molecule has 19 heavy (non-hydrogen) atoms. The molecule has 0 spiro atoms. The van der Waals surface area contributed by atoms with Crippen molar-refractivity contribution in [2.45, 2.75) is 64.5 Å². The van der Waals surface area contributed by atoms with Crippen LogP contribution in [0.2, 0.25) is 0 Å². The van der Waals surface area contributed by atoms with Gasteiger partial charge in [-0.1, -0.05) is 26.2 Å². The molecule has 0 radical (unpaired) electrons. The summed E-state index contributed by atoms with van der Waals surface area (Å²) in [6, 6.07) is 0.489. The van der Waals surface area contributed by atoms with Crippen molar-refractivity contribution in [3.8, 4) is 0 Å². The molecule has 0 amide bonds. The summed E-state index contributed by atoms with van der Waals surface area (Å²) < 4.78 is 5.56. The molecule has 1 aromatic heterocycles. The standard InChI is InChI=1S/C14H24N4O/c1-2-6-13-16-9-12(19-13)10-17-14(15)18-11-7-4-3-5-8-11/h9,11H,2-8,10H2,1H3,(H3,15,17,18). The highest BCUT2D eigenvalue weighted by molar-refractivity contribution is 5.78. The number of aliphatic imine (C=N–C) groups is 1. The Bertz CT molecular complexity index is 407. The van der Waals surface area contributed by atoms with Crippen molar-refractivity contribution < 1.29 is 4.42 Å². The average molecular weight is 264 g/mol. The third-order valence-corrected chi connectivity index (χ3v) is 3.43. The highest BCUT2D eigenvalue weighted by Gasteiger charge is 2.13. The lowest BCUT2D eigenvalue weighted by Gasteiger charge is -2.23. The summed E-state index contributed by atoms with van der Waals surface area (Å²) in [6.45, 7) is 2.57. The van der Waals surface area contributed by atoms with Crippen molar-refractivity contribution in [2.75, 3.05) is 0 Å². The van der Waals surface area contributed by atoms with Crippen LogP contribution < -0.4 is 11.1 Å². The largest absolute Gasteiger partial charge is 0.444 e. The van der Waals surface area contributed by atoms with Crippen molar-refractivity contribution >= 4 is 5.96 Å². The fraction of sp³-hybridized carbons (Fsp3) is 0.714. The van der Waals surface area contributed by atoms with E-state index in [0.717, 1.165) is 24.5 Å². The maximum Gasteiger partial charge on any atom is 0.194 e. The lowest BCUT2D eigenvalue weighted by Crippen LogP contribution is -2.41. The maximum atomic E-state index is 5.89. The van der Waals surface area contributed by atoms with Crippen molar-refractivity contribution in [1.29, 1.82) is 0 Å². The molecular weight excluding hydrogens is 240 g/mol. The van der Waals surface area contributed by atoms with Gasteiger partial charge in [0.2, 0.25) is 0 Å². The first-order chi connectivity index (χ1) is 9.28. The van der Waals surface area contributed by atoms with Crippen LogP contribution >= 0.6 is 0 Å². The Morgan fingerprint density at radius 1 is 1.47 bits per heavy atom. The van der Waals surface area contributed by atoms with Gasteiger partial charge in [0.25, 0.3) is 0 Å². The molecule has 0 saturated heterocycles. The second kappa shape index (κ2) is 7.16. The molecule has 0 aliphatic heterocycles. The van der Waals surface area contributed by atoms with E-state index in [2.05, 4.69) is 22.2 Å². The predicted molar refractivity (Wildman–Crippen MR) is 75.8 cm³/mol. The smallest absolute Gasteiger partial charge is 0.194 e. The van der Waals surface area contributed by atoms with Gasteiger partial charge in [-0.25, -0.2) is 9.98 Å². The fourth-order valence-electron chi connectivity index (χ4n) is 2.42. The summed E-state index contributed by atoms with van der Waals surface area (Å²) in [6.07, 6.45) is 9.95. The van der Waals surface area contributed by atoms with Gasteiger partial charge in [-0.2, -0.15) is 0 Å². The summed E-state index contributed by atoms with van der Waals surface area (Å²) in [5, 5.41) is 3.29. The molecule has 1 aliphatic carbocycles. The second-order valence-corrected chi connectivity index (χ2v) is 5.15. The Morgan fingerprint density at radius 2 is 2.26 bits per heavy atom. The van der Waals surface area contributed by atoms with Crippen LogP contribution in [0.4, 0.5) is 0 Å². The van der Waals surface area contributed by atoms with Crippen LogP contribution in [-0.4, -0.2) is 17.0 Å². The number of rotatable bonds is 5. The van der Waals surface area contributed by atoms with Gasteiger partial charge in [0, 0.05) is 12.5 Å². The van der Waals surface area contributed by atoms with Crippen LogP contribution in [-0.2, 0) is 13.0 Å². The van der Waals surface area contributed by atoms with E-state index in [4.69, 9.17) is 10.2 Å². The second-order valence-electron chi connectivity index (χ2n) is 5.15. The van der Waals surface area contributed by atoms with Crippen molar-refractivity contribution in [2.24, 2.45) is 10.7 Å². The van der Waals surface area contributed by atoms with E-state index >= 15 is 0 Å². The Morgan fingerprint density at radius 3 is 3.00 bits per heavy atom. The molecule has 0 atom stereocenters. The SMILES string of the molecule is CCCc1ncc(CN=C(N)NC2CCCCC2)o1. The van der Waals surface area contributed by atoms with E-state index in [9.17, 15) is 0 Å². The van der Waals surface area contributed by atoms with Crippen LogP contribution in [0, 0.1) is 0 Å².